The van der Waals surface area contributed by atoms with Crippen molar-refractivity contribution < 1.29 is 0 Å². The number of nitrogens with two attached hydrogens (primary N) is 1. The van der Waals surface area contributed by atoms with E-state index in [9.17, 15) is 0 Å². The molecule has 2 aromatic carbocycles. The molecule has 0 radical (unpaired) electrons. The van der Waals surface area contributed by atoms with Crippen molar-refractivity contribution in [3.8, 4) is 0 Å². The number of hydrogen-bond donors (Lipinski definition) is 1. The lowest BCUT2D eigenvalue weighted by molar-refractivity contribution is 0.382. The van der Waals surface area contributed by atoms with Crippen molar-refractivity contribution in [2.45, 2.75) is 38.6 Å². The summed E-state index contributed by atoms with van der Waals surface area (Å²) in [5.41, 5.74) is 14.3. The summed E-state index contributed by atoms with van der Waals surface area (Å²) in [6.45, 7) is 8.86. The maximum atomic E-state index is 7.65. The number of fused-ring (bicyclic) bond motifs is 6. The topological polar surface area (TPSA) is 30.9 Å². The Morgan fingerprint density at radius 1 is 0.950 bits per heavy atom. The van der Waals surface area contributed by atoms with Crippen molar-refractivity contribution in [1.29, 1.82) is 0 Å². The zero-order valence-corrected chi connectivity index (χ0v) is 23.6. The van der Waals surface area contributed by atoms with E-state index >= 15 is 0 Å². The van der Waals surface area contributed by atoms with Gasteiger partial charge in [-0.1, -0.05) is 128 Å². The average molecular weight is 523 g/mol. The van der Waals surface area contributed by atoms with E-state index in [0.717, 1.165) is 41.3 Å². The second-order valence-electron chi connectivity index (χ2n) is 11.0. The van der Waals surface area contributed by atoms with Crippen LogP contribution in [0.4, 0.5) is 0 Å². The van der Waals surface area contributed by atoms with Gasteiger partial charge in [0.05, 0.1) is 11.1 Å². The van der Waals surface area contributed by atoms with Crippen molar-refractivity contribution in [1.82, 2.24) is 4.57 Å². The molecule has 0 amide bonds. The SMILES string of the molecule is C=c1/c2c3ccc(C(N)(c4ccccc4)C(/C=C\C(/C=C/C)C4=CC=CC4)CC)cc3n1C1=C(C=C\C=2)CC=C1. The largest absolute Gasteiger partial charge is 0.317 e. The molecule has 2 aliphatic carbocycles. The maximum Gasteiger partial charge on any atom is 0.0729 e. The van der Waals surface area contributed by atoms with E-state index in [1.165, 1.54) is 27.4 Å². The first-order chi connectivity index (χ1) is 19.6. The van der Waals surface area contributed by atoms with Gasteiger partial charge in [0.2, 0.25) is 0 Å². The van der Waals surface area contributed by atoms with Gasteiger partial charge in [0.15, 0.2) is 0 Å². The monoisotopic (exact) mass is 522 g/mol. The summed E-state index contributed by atoms with van der Waals surface area (Å²) >= 11 is 0. The van der Waals surface area contributed by atoms with Crippen LogP contribution < -0.4 is 16.3 Å². The molecule has 2 heteroatoms. The summed E-state index contributed by atoms with van der Waals surface area (Å²) < 4.78 is 2.33. The van der Waals surface area contributed by atoms with Gasteiger partial charge in [0, 0.05) is 33.5 Å². The van der Waals surface area contributed by atoms with Crippen LogP contribution >= 0.6 is 0 Å². The summed E-state index contributed by atoms with van der Waals surface area (Å²) in [6.07, 6.45) is 29.7. The molecule has 6 rings (SSSR count). The third-order valence-corrected chi connectivity index (χ3v) is 8.79. The predicted molar refractivity (Wildman–Crippen MR) is 172 cm³/mol. The molecule has 0 spiro atoms. The van der Waals surface area contributed by atoms with E-state index in [2.05, 4.69) is 146 Å². The van der Waals surface area contributed by atoms with Crippen LogP contribution in [0.5, 0.6) is 0 Å². The van der Waals surface area contributed by atoms with E-state index in [1.807, 2.05) is 0 Å². The van der Waals surface area contributed by atoms with Gasteiger partial charge in [0.1, 0.15) is 0 Å². The molecule has 40 heavy (non-hydrogen) atoms. The van der Waals surface area contributed by atoms with Crippen molar-refractivity contribution in [3.05, 3.63) is 148 Å². The lowest BCUT2D eigenvalue weighted by Crippen LogP contribution is -2.44. The van der Waals surface area contributed by atoms with Crippen LogP contribution in [-0.4, -0.2) is 4.57 Å². The normalized spacial score (nSPS) is 20.0. The van der Waals surface area contributed by atoms with Gasteiger partial charge in [0.25, 0.3) is 0 Å². The molecule has 2 N–H and O–H groups in total. The zero-order chi connectivity index (χ0) is 27.7. The van der Waals surface area contributed by atoms with Crippen LogP contribution in [0.3, 0.4) is 0 Å². The van der Waals surface area contributed by atoms with Gasteiger partial charge >= 0.3 is 0 Å². The van der Waals surface area contributed by atoms with Crippen LogP contribution in [-0.2, 0) is 5.54 Å². The van der Waals surface area contributed by atoms with Crippen molar-refractivity contribution in [2.75, 3.05) is 0 Å². The van der Waals surface area contributed by atoms with Crippen molar-refractivity contribution in [3.63, 3.8) is 0 Å². The lowest BCUT2D eigenvalue weighted by atomic mass is 9.72. The highest BCUT2D eigenvalue weighted by Gasteiger charge is 2.37. The summed E-state index contributed by atoms with van der Waals surface area (Å²) in [4.78, 5) is 0. The van der Waals surface area contributed by atoms with E-state index in [4.69, 9.17) is 5.73 Å². The molecule has 3 aromatic rings. The zero-order valence-electron chi connectivity index (χ0n) is 23.6. The Labute approximate surface area is 237 Å². The van der Waals surface area contributed by atoms with Gasteiger partial charge in [-0.2, -0.15) is 0 Å². The highest BCUT2D eigenvalue weighted by atomic mass is 15.0. The Hall–Kier alpha value is -4.14. The fraction of sp³-hybridized carbons (Fsp3) is 0.211. The fourth-order valence-corrected chi connectivity index (χ4v) is 6.63. The summed E-state index contributed by atoms with van der Waals surface area (Å²) in [5, 5.41) is 3.41. The maximum absolute atomic E-state index is 7.65. The number of benzene rings is 2. The summed E-state index contributed by atoms with van der Waals surface area (Å²) in [5.74, 6) is 0.372. The Morgan fingerprint density at radius 2 is 1.80 bits per heavy atom. The highest BCUT2D eigenvalue weighted by Crippen LogP contribution is 2.39. The molecule has 0 saturated heterocycles. The van der Waals surface area contributed by atoms with Gasteiger partial charge < -0.3 is 10.3 Å². The minimum absolute atomic E-state index is 0.0993. The Balaban J connectivity index is 1.53. The number of aromatic nitrogens is 1. The smallest absolute Gasteiger partial charge is 0.0729 e. The molecule has 3 aliphatic rings. The lowest BCUT2D eigenvalue weighted by Gasteiger charge is -2.37. The van der Waals surface area contributed by atoms with E-state index in [1.54, 1.807) is 0 Å². The van der Waals surface area contributed by atoms with Gasteiger partial charge in [-0.05, 0) is 55.0 Å². The number of allylic oxidation sites excluding steroid dienone is 13. The predicted octanol–water partition coefficient (Wildman–Crippen LogP) is 7.44. The minimum atomic E-state index is -0.703. The molecule has 1 aliphatic heterocycles. The van der Waals surface area contributed by atoms with Crippen LogP contribution in [0.1, 0.15) is 44.2 Å². The number of rotatable bonds is 8. The first-order valence-electron chi connectivity index (χ1n) is 14.5. The van der Waals surface area contributed by atoms with Crippen molar-refractivity contribution in [2.24, 2.45) is 17.6 Å². The van der Waals surface area contributed by atoms with Gasteiger partial charge in [-0.15, -0.1) is 0 Å². The Morgan fingerprint density at radius 3 is 2.55 bits per heavy atom. The number of nitrogens with zero attached hydrogens (tertiary/aromatic N) is 1. The van der Waals surface area contributed by atoms with Crippen LogP contribution in [0.2, 0.25) is 0 Å². The highest BCUT2D eigenvalue weighted by molar-refractivity contribution is 5.89. The van der Waals surface area contributed by atoms with Crippen LogP contribution in [0.15, 0.2) is 127 Å². The third kappa shape index (κ3) is 4.33. The first kappa shape index (κ1) is 26.1. The van der Waals surface area contributed by atoms with Gasteiger partial charge in [-0.3, -0.25) is 0 Å². The second kappa shape index (κ2) is 10.8. The molecule has 3 unspecified atom stereocenters. The fourth-order valence-electron chi connectivity index (χ4n) is 6.63. The molecule has 2 heterocycles. The van der Waals surface area contributed by atoms with Crippen LogP contribution in [0.25, 0.3) is 29.3 Å². The first-order valence-corrected chi connectivity index (χ1v) is 14.5. The Bertz CT molecular complexity index is 1770. The molecule has 2 nitrogen and oxygen atoms in total. The van der Waals surface area contributed by atoms with Crippen molar-refractivity contribution >= 4 is 29.3 Å². The molecular weight excluding hydrogens is 484 g/mol. The number of hydrogen-bond acceptors (Lipinski definition) is 1. The Kier molecular flexibility index (Phi) is 7.04. The molecule has 0 saturated carbocycles. The third-order valence-electron chi connectivity index (χ3n) is 8.79. The van der Waals surface area contributed by atoms with Gasteiger partial charge in [-0.25, -0.2) is 0 Å². The molecule has 2 bridgehead atoms. The summed E-state index contributed by atoms with van der Waals surface area (Å²) in [7, 11) is 0. The summed E-state index contributed by atoms with van der Waals surface area (Å²) in [6, 6.07) is 17.4. The molecule has 1 aromatic heterocycles. The average Bonchev–Trinajstić information content (AvgIpc) is 3.73. The second-order valence-corrected chi connectivity index (χ2v) is 11.0. The standard InChI is InChI=1S/C38H38N2/c1-4-13-28(29-14-9-10-15-29)22-23-31(5-2)38(39,32-18-7-6-8-19-32)33-24-25-35-34-20-11-16-30-17-12-21-36(30)40(27(34)3)37(35)26-33/h4,6-14,16,18-26,28,31H,3,5,15,17,39H2,1-2H3/b13-4+,16-11?,23-22-,34-20-. The molecule has 3 atom stereocenters. The molecular formula is C38H38N2. The molecule has 200 valence electrons. The van der Waals surface area contributed by atoms with Crippen LogP contribution in [0, 0.1) is 11.8 Å². The minimum Gasteiger partial charge on any atom is -0.317 e. The molecule has 0 fully saturated rings. The van der Waals surface area contributed by atoms with E-state index in [0.29, 0.717) is 0 Å². The quantitative estimate of drug-likeness (QED) is 0.306. The van der Waals surface area contributed by atoms with E-state index < -0.39 is 5.54 Å². The van der Waals surface area contributed by atoms with E-state index in [-0.39, 0.29) is 11.8 Å².